The highest BCUT2D eigenvalue weighted by Gasteiger charge is 2.50. The molecule has 46 heavy (non-hydrogen) atoms. The van der Waals surface area contributed by atoms with Gasteiger partial charge in [-0.25, -0.2) is 0 Å². The van der Waals surface area contributed by atoms with Crippen molar-refractivity contribution in [1.29, 1.82) is 0 Å². The van der Waals surface area contributed by atoms with E-state index >= 15 is 0 Å². The number of ketones is 1. The fourth-order valence-electron chi connectivity index (χ4n) is 5.98. The zero-order chi connectivity index (χ0) is 32.2. The Kier molecular flexibility index (Phi) is 5.26. The minimum absolute atomic E-state index is 0.0335. The first kappa shape index (κ1) is 26.7. The van der Waals surface area contributed by atoms with Crippen molar-refractivity contribution in [3.8, 4) is 0 Å². The van der Waals surface area contributed by atoms with Gasteiger partial charge in [-0.05, 0) is 48.5 Å². The number of hydrogen-bond donors (Lipinski definition) is 0. The van der Waals surface area contributed by atoms with Gasteiger partial charge in [0.25, 0.3) is 47.3 Å². The molecule has 0 fully saturated rings. The highest BCUT2D eigenvalue weighted by atomic mass is 16.2. The van der Waals surface area contributed by atoms with Crippen molar-refractivity contribution in [2.45, 2.75) is 0 Å². The predicted octanol–water partition coefficient (Wildman–Crippen LogP) is 2.53. The van der Waals surface area contributed by atoms with E-state index in [1.165, 1.54) is 72.8 Å². The summed E-state index contributed by atoms with van der Waals surface area (Å²) >= 11 is 0. The summed E-state index contributed by atoms with van der Waals surface area (Å²) in [5.74, 6) is -7.92. The van der Waals surface area contributed by atoms with Gasteiger partial charge in [-0.3, -0.25) is 43.2 Å². The summed E-state index contributed by atoms with van der Waals surface area (Å²) in [5.41, 5.74) is -0.729. The van der Waals surface area contributed by atoms with Crippen LogP contribution >= 0.6 is 0 Å². The summed E-state index contributed by atoms with van der Waals surface area (Å²) in [6.07, 6.45) is 0. The lowest BCUT2D eigenvalue weighted by molar-refractivity contribution is 0.00845. The highest BCUT2D eigenvalue weighted by Crippen LogP contribution is 2.34. The number of hydrogen-bond acceptors (Lipinski definition) is 9. The fourth-order valence-corrected chi connectivity index (χ4v) is 5.98. The van der Waals surface area contributed by atoms with Crippen LogP contribution in [0.2, 0.25) is 0 Å². The van der Waals surface area contributed by atoms with Crippen molar-refractivity contribution in [3.63, 3.8) is 0 Å². The molecule has 0 aliphatic carbocycles. The first-order valence-corrected chi connectivity index (χ1v) is 13.7. The van der Waals surface area contributed by atoms with Crippen molar-refractivity contribution in [2.75, 3.05) is 0 Å². The van der Waals surface area contributed by atoms with E-state index in [1.54, 1.807) is 0 Å². The van der Waals surface area contributed by atoms with Crippen LogP contribution in [0.1, 0.15) is 98.8 Å². The number of hydrazine groups is 2. The molecule has 4 aromatic carbocycles. The Bertz CT molecular complexity index is 2050. The number of imide groups is 4. The number of fused-ring (bicyclic) bond motifs is 4. The number of amides is 8. The lowest BCUT2D eigenvalue weighted by Gasteiger charge is -2.23. The molecule has 4 aromatic rings. The van der Waals surface area contributed by atoms with E-state index in [4.69, 9.17) is 0 Å². The third-order valence-electron chi connectivity index (χ3n) is 8.20. The zero-order valence-corrected chi connectivity index (χ0v) is 23.0. The van der Waals surface area contributed by atoms with Crippen molar-refractivity contribution in [2.24, 2.45) is 0 Å². The predicted molar refractivity (Wildman–Crippen MR) is 151 cm³/mol. The van der Waals surface area contributed by atoms with Crippen molar-refractivity contribution >= 4 is 53.0 Å². The second kappa shape index (κ2) is 9.06. The third-order valence-corrected chi connectivity index (χ3v) is 8.20. The van der Waals surface area contributed by atoms with Crippen LogP contribution in [0, 0.1) is 0 Å². The van der Waals surface area contributed by atoms with E-state index in [0.717, 1.165) is 12.1 Å². The van der Waals surface area contributed by atoms with Crippen LogP contribution in [0.15, 0.2) is 84.9 Å². The lowest BCUT2D eigenvalue weighted by atomic mass is 9.96. The first-order valence-electron chi connectivity index (χ1n) is 13.7. The molecule has 0 aromatic heterocycles. The second-order valence-corrected chi connectivity index (χ2v) is 10.6. The van der Waals surface area contributed by atoms with Gasteiger partial charge < -0.3 is 0 Å². The quantitative estimate of drug-likeness (QED) is 0.249. The number of benzene rings is 4. The largest absolute Gasteiger partial charge is 0.289 e. The molecule has 0 saturated heterocycles. The molecule has 0 N–H and O–H groups in total. The lowest BCUT2D eigenvalue weighted by Crippen LogP contribution is -2.49. The van der Waals surface area contributed by atoms with E-state index < -0.39 is 53.0 Å². The molecule has 220 valence electrons. The summed E-state index contributed by atoms with van der Waals surface area (Å²) in [6, 6.07) is 19.0. The molecule has 4 heterocycles. The maximum Gasteiger partial charge on any atom is 0.281 e. The molecular formula is C33H14N4O9. The molecule has 0 radical (unpaired) electrons. The Balaban J connectivity index is 1.08. The Morgan fingerprint density at radius 2 is 0.565 bits per heavy atom. The average Bonchev–Trinajstić information content (AvgIpc) is 3.67. The number of carbonyl (C=O) groups excluding carboxylic acids is 9. The molecular weight excluding hydrogens is 596 g/mol. The van der Waals surface area contributed by atoms with Gasteiger partial charge in [0, 0.05) is 11.1 Å². The zero-order valence-electron chi connectivity index (χ0n) is 23.0. The molecule has 0 unspecified atom stereocenters. The van der Waals surface area contributed by atoms with Gasteiger partial charge in [-0.2, -0.15) is 20.0 Å². The van der Waals surface area contributed by atoms with Crippen molar-refractivity contribution in [3.05, 3.63) is 141 Å². The molecule has 8 amide bonds. The van der Waals surface area contributed by atoms with Crippen molar-refractivity contribution < 1.29 is 43.2 Å². The molecule has 0 bridgehead atoms. The van der Waals surface area contributed by atoms with E-state index in [9.17, 15) is 43.2 Å². The molecule has 4 aliphatic rings. The van der Waals surface area contributed by atoms with Crippen LogP contribution in [0.5, 0.6) is 0 Å². The number of nitrogens with zero attached hydrogens (tertiary/aromatic N) is 4. The molecule has 13 nitrogen and oxygen atoms in total. The minimum atomic E-state index is -0.990. The molecule has 0 saturated carbocycles. The topological polar surface area (TPSA) is 167 Å². The van der Waals surface area contributed by atoms with Gasteiger partial charge >= 0.3 is 0 Å². The number of carbonyl (C=O) groups is 9. The van der Waals surface area contributed by atoms with Gasteiger partial charge in [-0.15, -0.1) is 0 Å². The standard InChI is InChI=1S/C33H14N4O9/c38-25(15-9-11-21-23(13-15)32(45)36(30(21)43)34-26(39)17-5-1-2-6-18(17)27(34)40)16-10-12-22-24(14-16)33(46)37(31(22)44)35-28(41)19-7-3-4-8-20(19)29(35)42/h1-14H. The Hall–Kier alpha value is -6.89. The summed E-state index contributed by atoms with van der Waals surface area (Å²) in [6.45, 7) is 0. The normalized spacial score (nSPS) is 16.5. The van der Waals surface area contributed by atoms with Gasteiger partial charge in [0.2, 0.25) is 0 Å². The van der Waals surface area contributed by atoms with Crippen LogP contribution < -0.4 is 0 Å². The molecule has 13 heteroatoms. The van der Waals surface area contributed by atoms with Crippen molar-refractivity contribution in [1.82, 2.24) is 20.0 Å². The summed E-state index contributed by atoms with van der Waals surface area (Å²) < 4.78 is 0. The molecule has 4 aliphatic heterocycles. The first-order chi connectivity index (χ1) is 22.1. The average molecular weight is 610 g/mol. The Labute approximate surface area is 256 Å². The SMILES string of the molecule is O=C(c1ccc2c(c1)C(=O)N(N1C(=O)c3ccccc3C1=O)C2=O)c1ccc2c(c1)C(=O)N(N1C(=O)c3ccccc3C1=O)C2=O. The van der Waals surface area contributed by atoms with E-state index in [2.05, 4.69) is 0 Å². The highest BCUT2D eigenvalue weighted by molar-refractivity contribution is 6.30. The summed E-state index contributed by atoms with van der Waals surface area (Å²) in [4.78, 5) is 118. The van der Waals surface area contributed by atoms with E-state index in [-0.39, 0.29) is 55.6 Å². The van der Waals surface area contributed by atoms with Crippen LogP contribution in [-0.4, -0.2) is 73.1 Å². The van der Waals surface area contributed by atoms with Crippen LogP contribution in [0.3, 0.4) is 0 Å². The molecule has 8 rings (SSSR count). The van der Waals surface area contributed by atoms with Crippen LogP contribution in [0.4, 0.5) is 0 Å². The second-order valence-electron chi connectivity index (χ2n) is 10.6. The number of rotatable bonds is 4. The molecule has 0 spiro atoms. The Morgan fingerprint density at radius 1 is 0.326 bits per heavy atom. The summed E-state index contributed by atoms with van der Waals surface area (Å²) in [7, 11) is 0. The smallest absolute Gasteiger partial charge is 0.281 e. The maximum absolute atomic E-state index is 13.5. The maximum atomic E-state index is 13.5. The third kappa shape index (κ3) is 3.30. The van der Waals surface area contributed by atoms with Gasteiger partial charge in [0.05, 0.1) is 44.5 Å². The minimum Gasteiger partial charge on any atom is -0.289 e. The van der Waals surface area contributed by atoms with E-state index in [1.807, 2.05) is 0 Å². The summed E-state index contributed by atoms with van der Waals surface area (Å²) in [5, 5.41) is 1.83. The monoisotopic (exact) mass is 610 g/mol. The fraction of sp³-hybridized carbons (Fsp3) is 0. The van der Waals surface area contributed by atoms with Crippen LogP contribution in [-0.2, 0) is 0 Å². The van der Waals surface area contributed by atoms with Gasteiger partial charge in [0.15, 0.2) is 5.78 Å². The van der Waals surface area contributed by atoms with Gasteiger partial charge in [-0.1, -0.05) is 36.4 Å². The molecule has 0 atom stereocenters. The Morgan fingerprint density at radius 3 is 0.848 bits per heavy atom. The van der Waals surface area contributed by atoms with Gasteiger partial charge in [0.1, 0.15) is 0 Å². The van der Waals surface area contributed by atoms with Crippen LogP contribution in [0.25, 0.3) is 0 Å². The van der Waals surface area contributed by atoms with E-state index in [0.29, 0.717) is 20.0 Å².